The molecule has 4 nitrogen and oxygen atoms in total. The van der Waals surface area contributed by atoms with Gasteiger partial charge < -0.3 is 14.8 Å². The van der Waals surface area contributed by atoms with Crippen LogP contribution in [0.3, 0.4) is 0 Å². The lowest BCUT2D eigenvalue weighted by atomic mass is 9.94. The van der Waals surface area contributed by atoms with Crippen molar-refractivity contribution in [3.05, 3.63) is 23.9 Å². The minimum absolute atomic E-state index is 0.0308. The van der Waals surface area contributed by atoms with Gasteiger partial charge in [-0.05, 0) is 39.7 Å². The second kappa shape index (κ2) is 6.28. The highest BCUT2D eigenvalue weighted by molar-refractivity contribution is 5.18. The second-order valence-electron chi connectivity index (χ2n) is 7.01. The summed E-state index contributed by atoms with van der Waals surface area (Å²) < 4.78 is 46.8. The van der Waals surface area contributed by atoms with Gasteiger partial charge in [-0.15, -0.1) is 0 Å². The molecule has 1 aliphatic rings. The lowest BCUT2D eigenvalue weighted by molar-refractivity contribution is -0.154. The van der Waals surface area contributed by atoms with E-state index in [9.17, 15) is 13.2 Å². The van der Waals surface area contributed by atoms with Crippen molar-refractivity contribution in [1.82, 2.24) is 10.3 Å². The molecule has 0 aliphatic carbocycles. The molecule has 2 heterocycles. The molecule has 0 amide bonds. The zero-order valence-corrected chi connectivity index (χ0v) is 13.8. The highest BCUT2D eigenvalue weighted by Gasteiger charge is 2.45. The maximum atomic E-state index is 12.1. The smallest absolute Gasteiger partial charge is 0.422 e. The van der Waals surface area contributed by atoms with E-state index in [1.54, 1.807) is 6.07 Å². The maximum absolute atomic E-state index is 12.1. The van der Waals surface area contributed by atoms with Gasteiger partial charge in [0, 0.05) is 24.8 Å². The van der Waals surface area contributed by atoms with Crippen LogP contribution >= 0.6 is 0 Å². The average molecular weight is 332 g/mol. The first-order valence-electron chi connectivity index (χ1n) is 7.55. The summed E-state index contributed by atoms with van der Waals surface area (Å²) in [5.41, 5.74) is 0.436. The van der Waals surface area contributed by atoms with E-state index in [0.717, 1.165) is 12.0 Å². The fourth-order valence-electron chi connectivity index (χ4n) is 2.88. The predicted molar refractivity (Wildman–Crippen MR) is 80.3 cm³/mol. The average Bonchev–Trinajstić information content (AvgIpc) is 2.61. The Hall–Kier alpha value is -1.34. The largest absolute Gasteiger partial charge is 0.468 e. The third-order valence-electron chi connectivity index (χ3n) is 3.81. The fourth-order valence-corrected chi connectivity index (χ4v) is 2.88. The summed E-state index contributed by atoms with van der Waals surface area (Å²) in [4.78, 5) is 3.90. The number of pyridine rings is 1. The Labute approximate surface area is 134 Å². The topological polar surface area (TPSA) is 43.4 Å². The molecule has 1 fully saturated rings. The van der Waals surface area contributed by atoms with E-state index in [0.29, 0.717) is 6.54 Å². The number of rotatable bonds is 5. The number of halogens is 3. The van der Waals surface area contributed by atoms with Crippen molar-refractivity contribution in [2.75, 3.05) is 6.61 Å². The molecule has 0 saturated carbocycles. The van der Waals surface area contributed by atoms with Gasteiger partial charge in [0.2, 0.25) is 5.88 Å². The summed E-state index contributed by atoms with van der Waals surface area (Å²) in [7, 11) is 0. The maximum Gasteiger partial charge on any atom is 0.422 e. The Morgan fingerprint density at radius 1 is 1.30 bits per heavy atom. The number of aromatic nitrogens is 1. The van der Waals surface area contributed by atoms with Crippen molar-refractivity contribution in [3.63, 3.8) is 0 Å². The summed E-state index contributed by atoms with van der Waals surface area (Å²) in [6.07, 6.45) is -1.95. The van der Waals surface area contributed by atoms with Crippen molar-refractivity contribution in [1.29, 1.82) is 0 Å². The van der Waals surface area contributed by atoms with Crippen molar-refractivity contribution in [2.45, 2.75) is 64.1 Å². The van der Waals surface area contributed by atoms with E-state index in [-0.39, 0.29) is 23.1 Å². The highest BCUT2D eigenvalue weighted by atomic mass is 19.4. The van der Waals surface area contributed by atoms with Crippen molar-refractivity contribution >= 4 is 0 Å². The first-order chi connectivity index (χ1) is 10.5. The molecule has 130 valence electrons. The molecule has 0 bridgehead atoms. The number of ether oxygens (including phenoxy) is 2. The Kier molecular flexibility index (Phi) is 4.92. The standard InChI is InChI=1S/C16H23F3N2O2/c1-14(2)7-12(15(3,4)23-14)20-8-11-5-6-13(21-9-11)22-10-16(17,18)19/h5-6,9,12,20H,7-8,10H2,1-4H3. The molecule has 1 atom stereocenters. The summed E-state index contributed by atoms with van der Waals surface area (Å²) in [5, 5.41) is 3.43. The summed E-state index contributed by atoms with van der Waals surface area (Å²) >= 11 is 0. The van der Waals surface area contributed by atoms with Gasteiger partial charge in [-0.1, -0.05) is 6.07 Å². The number of nitrogens with zero attached hydrogens (tertiary/aromatic N) is 1. The minimum Gasteiger partial charge on any atom is -0.468 e. The third-order valence-corrected chi connectivity index (χ3v) is 3.81. The van der Waals surface area contributed by atoms with Gasteiger partial charge >= 0.3 is 6.18 Å². The molecule has 0 aromatic carbocycles. The molecule has 1 aliphatic heterocycles. The third kappa shape index (κ3) is 5.35. The van der Waals surface area contributed by atoms with E-state index in [1.165, 1.54) is 12.3 Å². The van der Waals surface area contributed by atoms with Gasteiger partial charge in [-0.3, -0.25) is 0 Å². The van der Waals surface area contributed by atoms with Crippen molar-refractivity contribution < 1.29 is 22.6 Å². The molecule has 1 unspecified atom stereocenters. The van der Waals surface area contributed by atoms with E-state index >= 15 is 0 Å². The Morgan fingerprint density at radius 2 is 2.00 bits per heavy atom. The van der Waals surface area contributed by atoms with E-state index in [4.69, 9.17) is 4.74 Å². The van der Waals surface area contributed by atoms with Crippen LogP contribution in [0.25, 0.3) is 0 Å². The molecule has 0 radical (unpaired) electrons. The quantitative estimate of drug-likeness (QED) is 0.897. The van der Waals surface area contributed by atoms with Gasteiger partial charge in [0.1, 0.15) is 0 Å². The SMILES string of the molecule is CC1(C)CC(NCc2ccc(OCC(F)(F)F)nc2)C(C)(C)O1. The van der Waals surface area contributed by atoms with Crippen LogP contribution < -0.4 is 10.1 Å². The highest BCUT2D eigenvalue weighted by Crippen LogP contribution is 2.37. The lowest BCUT2D eigenvalue weighted by Gasteiger charge is -2.27. The zero-order valence-electron chi connectivity index (χ0n) is 13.8. The molecule has 1 N–H and O–H groups in total. The van der Waals surface area contributed by atoms with Crippen LogP contribution in [0.1, 0.15) is 39.7 Å². The Bertz CT molecular complexity index is 527. The van der Waals surface area contributed by atoms with E-state index in [1.807, 2.05) is 13.8 Å². The minimum atomic E-state index is -4.36. The first kappa shape index (κ1) is 18.0. The van der Waals surface area contributed by atoms with Crippen molar-refractivity contribution in [2.24, 2.45) is 0 Å². The van der Waals surface area contributed by atoms with Crippen LogP contribution in [0.4, 0.5) is 13.2 Å². The van der Waals surface area contributed by atoms with Crippen LogP contribution in [0.5, 0.6) is 5.88 Å². The molecular weight excluding hydrogens is 309 g/mol. The molecule has 1 saturated heterocycles. The van der Waals surface area contributed by atoms with Gasteiger partial charge in [0.25, 0.3) is 0 Å². The molecule has 1 aromatic heterocycles. The number of nitrogens with one attached hydrogen (secondary N) is 1. The number of hydrogen-bond acceptors (Lipinski definition) is 4. The second-order valence-corrected chi connectivity index (χ2v) is 7.01. The first-order valence-corrected chi connectivity index (χ1v) is 7.55. The van der Waals surface area contributed by atoms with Gasteiger partial charge in [-0.25, -0.2) is 4.98 Å². The van der Waals surface area contributed by atoms with E-state index in [2.05, 4.69) is 28.9 Å². The lowest BCUT2D eigenvalue weighted by Crippen LogP contribution is -2.42. The monoisotopic (exact) mass is 332 g/mol. The van der Waals surface area contributed by atoms with Crippen LogP contribution in [0.2, 0.25) is 0 Å². The Morgan fingerprint density at radius 3 is 2.48 bits per heavy atom. The summed E-state index contributed by atoms with van der Waals surface area (Å²) in [5.74, 6) is -0.0308. The molecule has 7 heteroatoms. The Balaban J connectivity index is 1.87. The summed E-state index contributed by atoms with van der Waals surface area (Å²) in [6.45, 7) is 7.45. The molecule has 0 spiro atoms. The van der Waals surface area contributed by atoms with Crippen molar-refractivity contribution in [3.8, 4) is 5.88 Å². The van der Waals surface area contributed by atoms with Crippen LogP contribution in [-0.4, -0.2) is 35.0 Å². The fraction of sp³-hybridized carbons (Fsp3) is 0.688. The molecular formula is C16H23F3N2O2. The number of hydrogen-bond donors (Lipinski definition) is 1. The van der Waals surface area contributed by atoms with Crippen LogP contribution in [0.15, 0.2) is 18.3 Å². The van der Waals surface area contributed by atoms with Gasteiger partial charge in [0.05, 0.1) is 11.2 Å². The van der Waals surface area contributed by atoms with Gasteiger partial charge in [0.15, 0.2) is 6.61 Å². The van der Waals surface area contributed by atoms with E-state index < -0.39 is 12.8 Å². The predicted octanol–water partition coefficient (Wildman–Crippen LogP) is 3.46. The molecule has 2 rings (SSSR count). The normalized spacial score (nSPS) is 23.0. The molecule has 23 heavy (non-hydrogen) atoms. The van der Waals surface area contributed by atoms with Crippen LogP contribution in [-0.2, 0) is 11.3 Å². The summed E-state index contributed by atoms with van der Waals surface area (Å²) in [6, 6.07) is 3.35. The number of alkyl halides is 3. The zero-order chi connectivity index (χ0) is 17.3. The molecule has 1 aromatic rings. The van der Waals surface area contributed by atoms with Gasteiger partial charge in [-0.2, -0.15) is 13.2 Å². The van der Waals surface area contributed by atoms with Crippen LogP contribution in [0, 0.1) is 0 Å².